The summed E-state index contributed by atoms with van der Waals surface area (Å²) < 4.78 is 0. The van der Waals surface area contributed by atoms with Gasteiger partial charge in [-0.2, -0.15) is 0 Å². The molecule has 1 aromatic carbocycles. The Hall–Kier alpha value is -1.84. The van der Waals surface area contributed by atoms with Crippen LogP contribution in [0.5, 0.6) is 0 Å². The molecule has 1 aromatic rings. The fraction of sp³-hybridized carbons (Fsp3) is 0.500. The Balaban J connectivity index is 1.63. The number of carbonyl (C=O) groups excluding carboxylic acids is 1. The van der Waals surface area contributed by atoms with Gasteiger partial charge in [-0.25, -0.2) is 0 Å². The summed E-state index contributed by atoms with van der Waals surface area (Å²) in [4.78, 5) is 20.0. The van der Waals surface area contributed by atoms with Gasteiger partial charge in [-0.05, 0) is 26.0 Å². The van der Waals surface area contributed by atoms with Crippen molar-refractivity contribution >= 4 is 11.6 Å². The van der Waals surface area contributed by atoms with Gasteiger partial charge in [0.15, 0.2) is 0 Å². The molecule has 4 nitrogen and oxygen atoms in total. The molecule has 1 amide bonds. The molecule has 0 radical (unpaired) electrons. The third-order valence-electron chi connectivity index (χ3n) is 4.23. The number of rotatable bonds is 1. The molecule has 0 N–H and O–H groups in total. The highest BCUT2D eigenvalue weighted by atomic mass is 16.7. The van der Waals surface area contributed by atoms with E-state index in [-0.39, 0.29) is 11.5 Å². The number of piperidine rings is 1. The van der Waals surface area contributed by atoms with Crippen LogP contribution < -0.4 is 0 Å². The molecule has 4 heteroatoms. The van der Waals surface area contributed by atoms with Gasteiger partial charge in [0, 0.05) is 37.9 Å². The van der Waals surface area contributed by atoms with Gasteiger partial charge >= 0.3 is 0 Å². The van der Waals surface area contributed by atoms with Gasteiger partial charge < -0.3 is 9.74 Å². The Bertz CT molecular complexity index is 540. The highest BCUT2D eigenvalue weighted by molar-refractivity contribution is 5.94. The normalized spacial score (nSPS) is 20.7. The van der Waals surface area contributed by atoms with Gasteiger partial charge in [0.2, 0.25) is 0 Å². The van der Waals surface area contributed by atoms with Crippen molar-refractivity contribution < 1.29 is 9.63 Å². The van der Waals surface area contributed by atoms with Crippen LogP contribution in [-0.4, -0.2) is 35.2 Å². The summed E-state index contributed by atoms with van der Waals surface area (Å²) in [5, 5.41) is 4.06. The van der Waals surface area contributed by atoms with Gasteiger partial charge in [-0.3, -0.25) is 4.79 Å². The summed E-state index contributed by atoms with van der Waals surface area (Å²) in [5.41, 5.74) is 2.86. The average Bonchev–Trinajstić information content (AvgIpc) is 2.81. The van der Waals surface area contributed by atoms with E-state index in [4.69, 9.17) is 4.84 Å². The summed E-state index contributed by atoms with van der Waals surface area (Å²) in [7, 11) is 0. The van der Waals surface area contributed by atoms with Crippen molar-refractivity contribution in [2.24, 2.45) is 5.16 Å². The molecule has 1 spiro atoms. The van der Waals surface area contributed by atoms with Crippen molar-refractivity contribution in [1.82, 2.24) is 4.90 Å². The number of likely N-dealkylation sites (tertiary alicyclic amines) is 1. The van der Waals surface area contributed by atoms with Gasteiger partial charge in [0.25, 0.3) is 5.91 Å². The fourth-order valence-electron chi connectivity index (χ4n) is 2.97. The molecule has 3 rings (SSSR count). The summed E-state index contributed by atoms with van der Waals surface area (Å²) in [6.45, 7) is 5.52. The van der Waals surface area contributed by atoms with E-state index in [0.717, 1.165) is 43.6 Å². The first-order chi connectivity index (χ1) is 9.58. The first-order valence-corrected chi connectivity index (χ1v) is 7.16. The molecule has 0 atom stereocenters. The van der Waals surface area contributed by atoms with Gasteiger partial charge in [0.05, 0.1) is 5.71 Å². The van der Waals surface area contributed by atoms with E-state index in [1.807, 2.05) is 43.0 Å². The number of aryl methyl sites for hydroxylation is 1. The molecule has 0 unspecified atom stereocenters. The van der Waals surface area contributed by atoms with Gasteiger partial charge in [-0.1, -0.05) is 22.9 Å². The zero-order chi connectivity index (χ0) is 14.2. The molecular weight excluding hydrogens is 252 g/mol. The smallest absolute Gasteiger partial charge is 0.253 e. The predicted molar refractivity (Wildman–Crippen MR) is 77.9 cm³/mol. The van der Waals surface area contributed by atoms with Gasteiger partial charge in [0.1, 0.15) is 5.60 Å². The Morgan fingerprint density at radius 3 is 2.40 bits per heavy atom. The largest absolute Gasteiger partial charge is 0.389 e. The Kier molecular flexibility index (Phi) is 3.24. The van der Waals surface area contributed by atoms with Crippen molar-refractivity contribution in [1.29, 1.82) is 0 Å². The van der Waals surface area contributed by atoms with Crippen LogP contribution in [0.4, 0.5) is 0 Å². The Morgan fingerprint density at radius 2 is 1.85 bits per heavy atom. The summed E-state index contributed by atoms with van der Waals surface area (Å²) in [6.07, 6.45) is 2.64. The minimum absolute atomic E-state index is 0.121. The zero-order valence-corrected chi connectivity index (χ0v) is 12.1. The van der Waals surface area contributed by atoms with E-state index in [1.165, 1.54) is 5.56 Å². The number of benzene rings is 1. The molecular formula is C16H20N2O2. The maximum atomic E-state index is 12.4. The van der Waals surface area contributed by atoms with Crippen molar-refractivity contribution in [3.8, 4) is 0 Å². The lowest BCUT2D eigenvalue weighted by Crippen LogP contribution is -2.46. The molecule has 1 fully saturated rings. The standard InChI is InChI=1S/C16H20N2O2/c1-12-3-5-14(6-4-12)15(19)18-9-7-16(8-10-18)11-13(2)17-20-16/h3-6H,7-11H2,1-2H3. The molecule has 20 heavy (non-hydrogen) atoms. The van der Waals surface area contributed by atoms with Crippen molar-refractivity contribution in [2.45, 2.75) is 38.7 Å². The average molecular weight is 272 g/mol. The van der Waals surface area contributed by atoms with Crippen molar-refractivity contribution in [3.05, 3.63) is 35.4 Å². The Morgan fingerprint density at radius 1 is 1.20 bits per heavy atom. The number of hydrogen-bond acceptors (Lipinski definition) is 3. The van der Waals surface area contributed by atoms with E-state index < -0.39 is 0 Å². The Labute approximate surface area is 119 Å². The second-order valence-corrected chi connectivity index (χ2v) is 5.94. The highest BCUT2D eigenvalue weighted by Gasteiger charge is 2.41. The molecule has 2 aliphatic rings. The molecule has 0 aliphatic carbocycles. The quantitative estimate of drug-likeness (QED) is 0.789. The number of hydrogen-bond donors (Lipinski definition) is 0. The molecule has 1 saturated heterocycles. The number of amides is 1. The second-order valence-electron chi connectivity index (χ2n) is 5.94. The lowest BCUT2D eigenvalue weighted by molar-refractivity contribution is -0.0568. The first kappa shape index (κ1) is 13.2. The fourth-order valence-corrected chi connectivity index (χ4v) is 2.97. The van der Waals surface area contributed by atoms with E-state index in [2.05, 4.69) is 5.16 Å². The lowest BCUT2D eigenvalue weighted by Gasteiger charge is -2.37. The second kappa shape index (κ2) is 4.93. The molecule has 106 valence electrons. The number of oxime groups is 1. The maximum absolute atomic E-state index is 12.4. The van der Waals surface area contributed by atoms with Crippen LogP contribution in [0, 0.1) is 6.92 Å². The monoisotopic (exact) mass is 272 g/mol. The maximum Gasteiger partial charge on any atom is 0.253 e. The van der Waals surface area contributed by atoms with Crippen LogP contribution >= 0.6 is 0 Å². The van der Waals surface area contributed by atoms with Crippen LogP contribution in [0.25, 0.3) is 0 Å². The van der Waals surface area contributed by atoms with Crippen molar-refractivity contribution in [2.75, 3.05) is 13.1 Å². The van der Waals surface area contributed by atoms with Crippen LogP contribution in [0.2, 0.25) is 0 Å². The molecule has 0 saturated carbocycles. The van der Waals surface area contributed by atoms with E-state index in [1.54, 1.807) is 0 Å². The first-order valence-electron chi connectivity index (χ1n) is 7.16. The molecule has 0 aromatic heterocycles. The van der Waals surface area contributed by atoms with Crippen LogP contribution in [0.3, 0.4) is 0 Å². The third kappa shape index (κ3) is 2.42. The van der Waals surface area contributed by atoms with E-state index in [0.29, 0.717) is 0 Å². The lowest BCUT2D eigenvalue weighted by atomic mass is 9.87. The topological polar surface area (TPSA) is 41.9 Å². The van der Waals surface area contributed by atoms with E-state index >= 15 is 0 Å². The SMILES string of the molecule is CC1=NOC2(CCN(C(=O)c3ccc(C)cc3)CC2)C1. The van der Waals surface area contributed by atoms with Crippen LogP contribution in [0.15, 0.2) is 29.4 Å². The number of nitrogens with zero attached hydrogens (tertiary/aromatic N) is 2. The summed E-state index contributed by atoms with van der Waals surface area (Å²) in [5.74, 6) is 0.121. The predicted octanol–water partition coefficient (Wildman–Crippen LogP) is 2.77. The van der Waals surface area contributed by atoms with E-state index in [9.17, 15) is 4.79 Å². The minimum atomic E-state index is -0.145. The molecule has 0 bridgehead atoms. The zero-order valence-electron chi connectivity index (χ0n) is 12.1. The molecule has 2 heterocycles. The van der Waals surface area contributed by atoms with Gasteiger partial charge in [-0.15, -0.1) is 0 Å². The van der Waals surface area contributed by atoms with Crippen molar-refractivity contribution in [3.63, 3.8) is 0 Å². The summed E-state index contributed by atoms with van der Waals surface area (Å²) in [6, 6.07) is 7.77. The third-order valence-corrected chi connectivity index (χ3v) is 4.23. The minimum Gasteiger partial charge on any atom is -0.389 e. The highest BCUT2D eigenvalue weighted by Crippen LogP contribution is 2.34. The summed E-state index contributed by atoms with van der Waals surface area (Å²) >= 11 is 0. The number of carbonyl (C=O) groups is 1. The van der Waals surface area contributed by atoms with Crippen LogP contribution in [0.1, 0.15) is 42.1 Å². The van der Waals surface area contributed by atoms with Crippen LogP contribution in [-0.2, 0) is 4.84 Å². The molecule has 2 aliphatic heterocycles.